The Morgan fingerprint density at radius 3 is 2.11 bits per heavy atom. The molecule has 0 aliphatic rings. The Morgan fingerprint density at radius 1 is 1.56 bits per heavy atom. The van der Waals surface area contributed by atoms with Gasteiger partial charge in [-0.2, -0.15) is 0 Å². The fourth-order valence-electron chi connectivity index (χ4n) is 0.294. The number of hydrogen-bond donors (Lipinski definition) is 0. The van der Waals surface area contributed by atoms with Crippen molar-refractivity contribution in [3.63, 3.8) is 0 Å². The summed E-state index contributed by atoms with van der Waals surface area (Å²) in [5, 5.41) is 0. The minimum absolute atomic E-state index is 0.0509. The molecule has 0 saturated heterocycles. The molecule has 0 aromatic heterocycles. The summed E-state index contributed by atoms with van der Waals surface area (Å²) in [7, 11) is -3.05. The van der Waals surface area contributed by atoms with Gasteiger partial charge >= 0.3 is 0 Å². The van der Waals surface area contributed by atoms with Crippen LogP contribution in [0, 0.1) is 6.26 Å². The third-order valence-corrected chi connectivity index (χ3v) is 1.42. The number of allylic oxidation sites excluding steroid dienone is 1. The maximum Gasteiger partial charge on any atom is 0.154 e. The molecule has 0 amide bonds. The van der Waals surface area contributed by atoms with Gasteiger partial charge in [0.1, 0.15) is 0 Å². The van der Waals surface area contributed by atoms with Crippen LogP contribution in [0.1, 0.15) is 13.8 Å². The lowest BCUT2D eigenvalue weighted by Crippen LogP contribution is -1.96. The van der Waals surface area contributed by atoms with E-state index in [-0.39, 0.29) is 5.75 Å². The summed E-state index contributed by atoms with van der Waals surface area (Å²) in [5.74, 6) is 0.0509. The molecule has 0 aromatic carbocycles. The average Bonchev–Trinajstić information content (AvgIpc) is 1.59. The summed E-state index contributed by atoms with van der Waals surface area (Å²) < 4.78 is 20.8. The van der Waals surface area contributed by atoms with Crippen molar-refractivity contribution in [3.8, 4) is 0 Å². The van der Waals surface area contributed by atoms with Crippen LogP contribution >= 0.6 is 0 Å². The number of rotatable bonds is 2. The third kappa shape index (κ3) is 7.69. The molecule has 0 bridgehead atoms. The first kappa shape index (κ1) is 8.69. The average molecular weight is 147 g/mol. The summed E-state index contributed by atoms with van der Waals surface area (Å²) in [4.78, 5) is 0. The Bertz CT molecular complexity index is 195. The fourth-order valence-corrected chi connectivity index (χ4v) is 0.881. The van der Waals surface area contributed by atoms with Gasteiger partial charge in [-0.05, 0) is 13.8 Å². The lowest BCUT2D eigenvalue weighted by atomic mass is 10.3. The molecule has 0 aliphatic carbocycles. The summed E-state index contributed by atoms with van der Waals surface area (Å²) in [6.07, 6.45) is 4.61. The zero-order valence-corrected chi connectivity index (χ0v) is 6.53. The highest BCUT2D eigenvalue weighted by atomic mass is 32.2. The van der Waals surface area contributed by atoms with Gasteiger partial charge in [-0.1, -0.05) is 11.6 Å². The van der Waals surface area contributed by atoms with Crippen LogP contribution in [0.3, 0.4) is 0 Å². The molecule has 3 heteroatoms. The van der Waals surface area contributed by atoms with Gasteiger partial charge in [0.15, 0.2) is 9.84 Å². The Morgan fingerprint density at radius 2 is 2.00 bits per heavy atom. The second kappa shape index (κ2) is 3.01. The lowest BCUT2D eigenvalue weighted by molar-refractivity contribution is 0.607. The summed E-state index contributed by atoms with van der Waals surface area (Å²) >= 11 is 0. The van der Waals surface area contributed by atoms with E-state index >= 15 is 0 Å². The van der Waals surface area contributed by atoms with Crippen molar-refractivity contribution in [2.24, 2.45) is 0 Å². The molecule has 0 rings (SSSR count). The molecule has 0 unspecified atom stereocenters. The Balaban J connectivity index is 3.95. The lowest BCUT2D eigenvalue weighted by Gasteiger charge is -1.89. The quantitative estimate of drug-likeness (QED) is 0.549. The smallest absolute Gasteiger partial charge is 0.154 e. The molecule has 53 valence electrons. The van der Waals surface area contributed by atoms with E-state index in [0.717, 1.165) is 5.57 Å². The Labute approximate surface area is 56.5 Å². The predicted octanol–water partition coefficient (Wildman–Crippen LogP) is 1.16. The second-order valence-corrected chi connectivity index (χ2v) is 4.01. The topological polar surface area (TPSA) is 34.1 Å². The predicted molar refractivity (Wildman–Crippen MR) is 38.6 cm³/mol. The van der Waals surface area contributed by atoms with Crippen molar-refractivity contribution >= 4 is 9.84 Å². The van der Waals surface area contributed by atoms with Crippen molar-refractivity contribution < 1.29 is 8.42 Å². The van der Waals surface area contributed by atoms with Gasteiger partial charge in [0, 0.05) is 0 Å². The molecule has 1 radical (unpaired) electrons. The van der Waals surface area contributed by atoms with Crippen molar-refractivity contribution in [2.75, 3.05) is 5.75 Å². The van der Waals surface area contributed by atoms with Crippen molar-refractivity contribution in [3.05, 3.63) is 17.9 Å². The summed E-state index contributed by atoms with van der Waals surface area (Å²) in [6.45, 7) is 3.70. The first-order valence-electron chi connectivity index (χ1n) is 2.61. The normalized spacial score (nSPS) is 11.0. The molecule has 0 N–H and O–H groups in total. The highest BCUT2D eigenvalue weighted by Crippen LogP contribution is 1.92. The minimum atomic E-state index is -3.05. The Kier molecular flexibility index (Phi) is 2.91. The van der Waals surface area contributed by atoms with Crippen LogP contribution in [0.25, 0.3) is 0 Å². The van der Waals surface area contributed by atoms with Crippen LogP contribution in [0.4, 0.5) is 0 Å². The maximum atomic E-state index is 10.4. The third-order valence-electron chi connectivity index (χ3n) is 0.746. The van der Waals surface area contributed by atoms with Crippen molar-refractivity contribution in [2.45, 2.75) is 13.8 Å². The second-order valence-electron chi connectivity index (χ2n) is 2.19. The van der Waals surface area contributed by atoms with Crippen molar-refractivity contribution in [1.29, 1.82) is 0 Å². The SMILES string of the molecule is [CH2]S(=O)(=O)CC=C(C)C. The molecule has 0 saturated carbocycles. The molecule has 0 atom stereocenters. The van der Waals surface area contributed by atoms with Crippen LogP contribution in [0.5, 0.6) is 0 Å². The largest absolute Gasteiger partial charge is 0.228 e. The molecule has 9 heavy (non-hydrogen) atoms. The molecule has 0 aromatic rings. The van der Waals surface area contributed by atoms with Crippen LogP contribution in [0.2, 0.25) is 0 Å². The van der Waals surface area contributed by atoms with E-state index in [1.165, 1.54) is 0 Å². The van der Waals surface area contributed by atoms with E-state index in [0.29, 0.717) is 0 Å². The van der Waals surface area contributed by atoms with E-state index in [9.17, 15) is 8.42 Å². The molecule has 0 heterocycles. The number of sulfone groups is 1. The van der Waals surface area contributed by atoms with E-state index in [1.807, 2.05) is 13.8 Å². The molecule has 0 spiro atoms. The molecule has 0 aliphatic heterocycles. The standard InChI is InChI=1S/C6H11O2S/c1-6(2)4-5-9(3,7)8/h4H,3,5H2,1-2H3. The molecule has 2 nitrogen and oxygen atoms in total. The van der Waals surface area contributed by atoms with Crippen LogP contribution < -0.4 is 0 Å². The molecular weight excluding hydrogens is 136 g/mol. The number of hydrogen-bond acceptors (Lipinski definition) is 2. The highest BCUT2D eigenvalue weighted by Gasteiger charge is 1.96. The van der Waals surface area contributed by atoms with E-state index in [4.69, 9.17) is 0 Å². The Hall–Kier alpha value is -0.310. The van der Waals surface area contributed by atoms with E-state index in [1.54, 1.807) is 6.08 Å². The zero-order chi connectivity index (χ0) is 7.49. The summed E-state index contributed by atoms with van der Waals surface area (Å²) in [5.41, 5.74) is 1.00. The van der Waals surface area contributed by atoms with E-state index < -0.39 is 9.84 Å². The molecule has 0 fully saturated rings. The fraction of sp³-hybridized carbons (Fsp3) is 0.500. The van der Waals surface area contributed by atoms with Crippen molar-refractivity contribution in [1.82, 2.24) is 0 Å². The van der Waals surface area contributed by atoms with Crippen LogP contribution in [0.15, 0.2) is 11.6 Å². The first-order valence-corrected chi connectivity index (χ1v) is 4.43. The van der Waals surface area contributed by atoms with Crippen LogP contribution in [-0.2, 0) is 9.84 Å². The van der Waals surface area contributed by atoms with Gasteiger partial charge in [0.2, 0.25) is 0 Å². The zero-order valence-electron chi connectivity index (χ0n) is 5.72. The van der Waals surface area contributed by atoms with Gasteiger partial charge in [0.05, 0.1) is 12.0 Å². The van der Waals surface area contributed by atoms with Gasteiger partial charge in [-0.15, -0.1) is 0 Å². The molecular formula is C6H11O2S. The van der Waals surface area contributed by atoms with Gasteiger partial charge in [-0.3, -0.25) is 0 Å². The maximum absolute atomic E-state index is 10.4. The van der Waals surface area contributed by atoms with Gasteiger partial charge in [-0.25, -0.2) is 8.42 Å². The minimum Gasteiger partial charge on any atom is -0.228 e. The van der Waals surface area contributed by atoms with E-state index in [2.05, 4.69) is 6.26 Å². The van der Waals surface area contributed by atoms with Gasteiger partial charge in [0.25, 0.3) is 0 Å². The highest BCUT2D eigenvalue weighted by molar-refractivity contribution is 7.92. The monoisotopic (exact) mass is 147 g/mol. The first-order chi connectivity index (χ1) is 3.92. The van der Waals surface area contributed by atoms with Crippen LogP contribution in [-0.4, -0.2) is 14.2 Å². The van der Waals surface area contributed by atoms with Gasteiger partial charge < -0.3 is 0 Å². The summed E-state index contributed by atoms with van der Waals surface area (Å²) in [6, 6.07) is 0.